The second kappa shape index (κ2) is 9.20. The minimum absolute atomic E-state index is 0.322. The van der Waals surface area contributed by atoms with E-state index in [0.717, 1.165) is 23.1 Å². The van der Waals surface area contributed by atoms with Crippen molar-refractivity contribution in [3.05, 3.63) is 34.4 Å². The molecule has 6 nitrogen and oxygen atoms in total. The second-order valence-electron chi connectivity index (χ2n) is 7.68. The second-order valence-corrected chi connectivity index (χ2v) is 7.68. The third kappa shape index (κ3) is 3.62. The lowest BCUT2D eigenvalue weighted by molar-refractivity contribution is -0.376. The summed E-state index contributed by atoms with van der Waals surface area (Å²) in [6, 6.07) is 4.49. The molecule has 1 saturated heterocycles. The molecule has 158 valence electrons. The van der Waals surface area contributed by atoms with Gasteiger partial charge in [0.15, 0.2) is 0 Å². The van der Waals surface area contributed by atoms with Gasteiger partial charge in [-0.3, -0.25) is 0 Å². The first-order chi connectivity index (χ1) is 13.6. The fourth-order valence-corrected chi connectivity index (χ4v) is 4.74. The molecule has 2 aliphatic rings. The highest BCUT2D eigenvalue weighted by Gasteiger charge is 2.60. The van der Waals surface area contributed by atoms with Crippen LogP contribution in [0.1, 0.15) is 42.0 Å². The van der Waals surface area contributed by atoms with Crippen LogP contribution in [0.2, 0.25) is 0 Å². The zero-order valence-corrected chi connectivity index (χ0v) is 17.9. The number of methoxy groups -OCH3 is 4. The lowest BCUT2D eigenvalue weighted by atomic mass is 9.84. The molecule has 5 atom stereocenters. The third-order valence-corrected chi connectivity index (χ3v) is 5.91. The highest BCUT2D eigenvalue weighted by atomic mass is 16.7. The van der Waals surface area contributed by atoms with Gasteiger partial charge in [0.05, 0.1) is 13.2 Å². The highest BCUT2D eigenvalue weighted by molar-refractivity contribution is 5.45. The van der Waals surface area contributed by atoms with Crippen molar-refractivity contribution in [3.8, 4) is 0 Å². The van der Waals surface area contributed by atoms with Gasteiger partial charge in [-0.2, -0.15) is 0 Å². The SMILES string of the molecule is CCCCc1cc(C)c2c(c1)COC21O[C@H](COC)[C@@H](OC)[C@H](OC)[C@H]1OC. The van der Waals surface area contributed by atoms with Crippen molar-refractivity contribution in [1.82, 2.24) is 0 Å². The predicted octanol–water partition coefficient (Wildman–Crippen LogP) is 3.11. The fourth-order valence-electron chi connectivity index (χ4n) is 4.74. The van der Waals surface area contributed by atoms with Gasteiger partial charge in [-0.15, -0.1) is 0 Å². The van der Waals surface area contributed by atoms with E-state index in [9.17, 15) is 0 Å². The van der Waals surface area contributed by atoms with E-state index < -0.39 is 11.9 Å². The summed E-state index contributed by atoms with van der Waals surface area (Å²) in [7, 11) is 6.64. The van der Waals surface area contributed by atoms with Crippen molar-refractivity contribution in [1.29, 1.82) is 0 Å². The molecule has 0 bridgehead atoms. The molecule has 28 heavy (non-hydrogen) atoms. The van der Waals surface area contributed by atoms with Gasteiger partial charge in [0.1, 0.15) is 24.4 Å². The van der Waals surface area contributed by atoms with E-state index in [1.54, 1.807) is 28.4 Å². The smallest absolute Gasteiger partial charge is 0.226 e. The molecule has 2 aliphatic heterocycles. The number of hydrogen-bond acceptors (Lipinski definition) is 6. The largest absolute Gasteiger partial charge is 0.382 e. The van der Waals surface area contributed by atoms with Crippen LogP contribution in [0.15, 0.2) is 12.1 Å². The normalized spacial score (nSPS) is 32.1. The Bertz CT molecular complexity index is 663. The molecule has 6 heteroatoms. The minimum atomic E-state index is -1.03. The Balaban J connectivity index is 2.05. The number of fused-ring (bicyclic) bond motifs is 2. The van der Waals surface area contributed by atoms with Crippen LogP contribution in [0.5, 0.6) is 0 Å². The average Bonchev–Trinajstić information content (AvgIpc) is 3.05. The Morgan fingerprint density at radius 3 is 2.43 bits per heavy atom. The average molecular weight is 395 g/mol. The van der Waals surface area contributed by atoms with E-state index in [4.69, 9.17) is 28.4 Å². The molecule has 3 rings (SSSR count). The van der Waals surface area contributed by atoms with E-state index in [0.29, 0.717) is 13.2 Å². The van der Waals surface area contributed by atoms with Crippen LogP contribution >= 0.6 is 0 Å². The summed E-state index contributed by atoms with van der Waals surface area (Å²) in [5, 5.41) is 0. The summed E-state index contributed by atoms with van der Waals surface area (Å²) in [6.07, 6.45) is 1.96. The Kier molecular flexibility index (Phi) is 7.12. The van der Waals surface area contributed by atoms with Crippen molar-refractivity contribution in [2.45, 2.75) is 69.9 Å². The maximum atomic E-state index is 6.57. The van der Waals surface area contributed by atoms with Crippen molar-refractivity contribution in [2.75, 3.05) is 35.0 Å². The number of rotatable bonds is 8. The van der Waals surface area contributed by atoms with Crippen molar-refractivity contribution >= 4 is 0 Å². The molecule has 0 radical (unpaired) electrons. The van der Waals surface area contributed by atoms with E-state index >= 15 is 0 Å². The Morgan fingerprint density at radius 1 is 1.07 bits per heavy atom. The lowest BCUT2D eigenvalue weighted by Crippen LogP contribution is -2.65. The number of hydrogen-bond donors (Lipinski definition) is 0. The van der Waals surface area contributed by atoms with Crippen LogP contribution in [0.4, 0.5) is 0 Å². The summed E-state index contributed by atoms with van der Waals surface area (Å²) in [6.45, 7) is 5.20. The molecular weight excluding hydrogens is 360 g/mol. The molecule has 1 aromatic rings. The van der Waals surface area contributed by atoms with Crippen LogP contribution < -0.4 is 0 Å². The van der Waals surface area contributed by atoms with Gasteiger partial charge in [0.25, 0.3) is 0 Å². The van der Waals surface area contributed by atoms with Crippen molar-refractivity contribution in [2.24, 2.45) is 0 Å². The Morgan fingerprint density at radius 2 is 1.82 bits per heavy atom. The molecule has 2 heterocycles. The molecule has 1 fully saturated rings. The van der Waals surface area contributed by atoms with E-state index in [1.165, 1.54) is 18.4 Å². The van der Waals surface area contributed by atoms with Crippen molar-refractivity contribution in [3.63, 3.8) is 0 Å². The quantitative estimate of drug-likeness (QED) is 0.675. The minimum Gasteiger partial charge on any atom is -0.382 e. The maximum absolute atomic E-state index is 6.57. The van der Waals surface area contributed by atoms with Gasteiger partial charge in [-0.05, 0) is 36.5 Å². The van der Waals surface area contributed by atoms with Gasteiger partial charge in [0.2, 0.25) is 5.79 Å². The predicted molar refractivity (Wildman–Crippen MR) is 105 cm³/mol. The molecule has 0 N–H and O–H groups in total. The maximum Gasteiger partial charge on any atom is 0.226 e. The molecule has 1 aromatic carbocycles. The third-order valence-electron chi connectivity index (χ3n) is 5.91. The van der Waals surface area contributed by atoms with Gasteiger partial charge < -0.3 is 28.4 Å². The fraction of sp³-hybridized carbons (Fsp3) is 0.727. The van der Waals surface area contributed by atoms with Crippen LogP contribution in [0.25, 0.3) is 0 Å². The first-order valence-electron chi connectivity index (χ1n) is 10.1. The standard InChI is InChI=1S/C22H34O6/c1-7-8-9-15-10-14(2)18-16(11-15)12-27-22(18)21(26-6)20(25-5)19(24-4)17(28-22)13-23-3/h10-11,17,19-21H,7-9,12-13H2,1-6H3/t17-,19-,20+,21-,22?/m1/s1. The molecule has 0 amide bonds. The van der Waals surface area contributed by atoms with Crippen LogP contribution in [0.3, 0.4) is 0 Å². The molecule has 0 saturated carbocycles. The van der Waals surface area contributed by atoms with Gasteiger partial charge in [-0.1, -0.05) is 25.5 Å². The number of benzene rings is 1. The van der Waals surface area contributed by atoms with Crippen LogP contribution in [0, 0.1) is 6.92 Å². The Hall–Kier alpha value is -1.02. The highest BCUT2D eigenvalue weighted by Crippen LogP contribution is 2.49. The zero-order chi connectivity index (χ0) is 20.3. The topological polar surface area (TPSA) is 55.4 Å². The Labute approximate surface area is 168 Å². The van der Waals surface area contributed by atoms with Crippen LogP contribution in [-0.2, 0) is 47.2 Å². The molecule has 0 aliphatic carbocycles. The van der Waals surface area contributed by atoms with E-state index in [2.05, 4.69) is 26.0 Å². The monoisotopic (exact) mass is 394 g/mol. The van der Waals surface area contributed by atoms with Gasteiger partial charge >= 0.3 is 0 Å². The molecular formula is C22H34O6. The summed E-state index contributed by atoms with van der Waals surface area (Å²) in [5.74, 6) is -1.03. The van der Waals surface area contributed by atoms with Crippen molar-refractivity contribution < 1.29 is 28.4 Å². The summed E-state index contributed by atoms with van der Waals surface area (Å²) >= 11 is 0. The first-order valence-corrected chi connectivity index (χ1v) is 10.1. The zero-order valence-electron chi connectivity index (χ0n) is 17.9. The molecule has 1 unspecified atom stereocenters. The lowest BCUT2D eigenvalue weighted by Gasteiger charge is -2.50. The molecule has 1 spiro atoms. The first kappa shape index (κ1) is 21.7. The summed E-state index contributed by atoms with van der Waals surface area (Å²) in [4.78, 5) is 0. The number of unbranched alkanes of at least 4 members (excludes halogenated alkanes) is 1. The summed E-state index contributed by atoms with van der Waals surface area (Å²) in [5.41, 5.74) is 4.72. The summed E-state index contributed by atoms with van der Waals surface area (Å²) < 4.78 is 35.8. The van der Waals surface area contributed by atoms with Gasteiger partial charge in [-0.25, -0.2) is 0 Å². The van der Waals surface area contributed by atoms with Crippen LogP contribution in [-0.4, -0.2) is 59.5 Å². The number of aryl methyl sites for hydroxylation is 2. The van der Waals surface area contributed by atoms with Gasteiger partial charge in [0, 0.05) is 34.0 Å². The number of ether oxygens (including phenoxy) is 6. The van der Waals surface area contributed by atoms with E-state index in [-0.39, 0.29) is 18.3 Å². The molecule has 0 aromatic heterocycles. The van der Waals surface area contributed by atoms with E-state index in [1.807, 2.05) is 0 Å².